The van der Waals surface area contributed by atoms with Crippen LogP contribution in [-0.2, 0) is 6.42 Å². The summed E-state index contributed by atoms with van der Waals surface area (Å²) in [5.41, 5.74) is 9.76. The highest BCUT2D eigenvalue weighted by Crippen LogP contribution is 2.38. The summed E-state index contributed by atoms with van der Waals surface area (Å²) in [5.74, 6) is 0.838. The Balaban J connectivity index is 1.28. The third-order valence-corrected chi connectivity index (χ3v) is 9.50. The Morgan fingerprint density at radius 3 is 2.42 bits per heavy atom. The Kier molecular flexibility index (Phi) is 6.42. The van der Waals surface area contributed by atoms with Crippen molar-refractivity contribution in [3.63, 3.8) is 0 Å². The molecule has 1 aliphatic heterocycles. The predicted octanol–water partition coefficient (Wildman–Crippen LogP) is 10.5. The molecule has 208 valence electrons. The van der Waals surface area contributed by atoms with Gasteiger partial charge in [-0.25, -0.2) is 0 Å². The molecule has 0 saturated carbocycles. The molecule has 1 aliphatic rings. The maximum Gasteiger partial charge on any atom is 0.0729 e. The molecule has 43 heavy (non-hydrogen) atoms. The van der Waals surface area contributed by atoms with E-state index in [1.807, 2.05) is 11.8 Å². The number of aromatic amines is 1. The minimum Gasteiger partial charge on any atom is -0.354 e. The number of rotatable bonds is 4. The van der Waals surface area contributed by atoms with Gasteiger partial charge >= 0.3 is 0 Å². The summed E-state index contributed by atoms with van der Waals surface area (Å²) in [6.45, 7) is 2.05. The van der Waals surface area contributed by atoms with E-state index in [0.29, 0.717) is 0 Å². The number of allylic oxidation sites excluding steroid dienone is 5. The number of H-pyrrole nitrogens is 1. The smallest absolute Gasteiger partial charge is 0.0729 e. The van der Waals surface area contributed by atoms with Crippen LogP contribution >= 0.6 is 11.8 Å². The highest BCUT2D eigenvalue weighted by Gasteiger charge is 2.17. The maximum absolute atomic E-state index is 3.66. The van der Waals surface area contributed by atoms with E-state index in [1.54, 1.807) is 0 Å². The van der Waals surface area contributed by atoms with E-state index >= 15 is 0 Å². The van der Waals surface area contributed by atoms with Crippen molar-refractivity contribution in [2.45, 2.75) is 18.2 Å². The predicted molar refractivity (Wildman–Crippen MR) is 186 cm³/mol. The lowest BCUT2D eigenvalue weighted by molar-refractivity contribution is 1.05. The molecule has 4 heteroatoms. The lowest BCUT2D eigenvalue weighted by Crippen LogP contribution is -2.18. The largest absolute Gasteiger partial charge is 0.354 e. The van der Waals surface area contributed by atoms with Crippen LogP contribution in [0.3, 0.4) is 0 Å². The number of hydrogen-bond donors (Lipinski definition) is 1. The number of thioether (sulfide) groups is 1. The SMILES string of the molecule is C\C=C/C=C\C1=C\N(c2cccc(-n3c4ccccc4c4cc5c(cc43)[nH]c3ccccc35)c2)CSc2ccccc2C1. The summed E-state index contributed by atoms with van der Waals surface area (Å²) in [7, 11) is 0. The minimum atomic E-state index is 0.838. The van der Waals surface area contributed by atoms with Crippen molar-refractivity contribution < 1.29 is 0 Å². The molecule has 0 unspecified atom stereocenters. The molecular formula is C39H31N3S. The zero-order valence-electron chi connectivity index (χ0n) is 24.0. The van der Waals surface area contributed by atoms with Crippen molar-refractivity contribution in [2.75, 3.05) is 10.8 Å². The summed E-state index contributed by atoms with van der Waals surface area (Å²) in [4.78, 5) is 7.40. The number of fused-ring (bicyclic) bond motifs is 7. The number of para-hydroxylation sites is 2. The fraction of sp³-hybridized carbons (Fsp3) is 0.0769. The third kappa shape index (κ3) is 4.55. The molecule has 1 N–H and O–H groups in total. The highest BCUT2D eigenvalue weighted by atomic mass is 32.2. The number of nitrogens with one attached hydrogen (secondary N) is 1. The molecule has 5 aromatic carbocycles. The van der Waals surface area contributed by atoms with Crippen LogP contribution in [0.4, 0.5) is 5.69 Å². The van der Waals surface area contributed by atoms with E-state index in [2.05, 4.69) is 161 Å². The first-order chi connectivity index (χ1) is 21.3. The van der Waals surface area contributed by atoms with E-state index in [-0.39, 0.29) is 0 Å². The van der Waals surface area contributed by atoms with Gasteiger partial charge in [0, 0.05) is 55.0 Å². The first-order valence-corrected chi connectivity index (χ1v) is 15.8. The number of anilines is 1. The van der Waals surface area contributed by atoms with Crippen LogP contribution in [0.15, 0.2) is 150 Å². The molecule has 3 nitrogen and oxygen atoms in total. The third-order valence-electron chi connectivity index (χ3n) is 8.38. The van der Waals surface area contributed by atoms with Gasteiger partial charge in [-0.1, -0.05) is 85.0 Å². The van der Waals surface area contributed by atoms with E-state index < -0.39 is 0 Å². The Bertz CT molecular complexity index is 2240. The second-order valence-corrected chi connectivity index (χ2v) is 12.1. The van der Waals surface area contributed by atoms with Crippen molar-refractivity contribution in [3.05, 3.63) is 151 Å². The van der Waals surface area contributed by atoms with Gasteiger partial charge in [-0.05, 0) is 73.0 Å². The fourth-order valence-corrected chi connectivity index (χ4v) is 7.38. The molecule has 0 saturated heterocycles. The van der Waals surface area contributed by atoms with Crippen molar-refractivity contribution in [2.24, 2.45) is 0 Å². The summed E-state index contributed by atoms with van der Waals surface area (Å²) >= 11 is 1.90. The Hall–Kier alpha value is -4.93. The van der Waals surface area contributed by atoms with Gasteiger partial charge in [0.1, 0.15) is 0 Å². The second kappa shape index (κ2) is 10.7. The van der Waals surface area contributed by atoms with Crippen LogP contribution in [0.5, 0.6) is 0 Å². The van der Waals surface area contributed by atoms with Gasteiger partial charge in [0.05, 0.1) is 16.9 Å². The van der Waals surface area contributed by atoms with Crippen LogP contribution in [0.25, 0.3) is 49.3 Å². The molecule has 0 radical (unpaired) electrons. The van der Waals surface area contributed by atoms with Crippen LogP contribution < -0.4 is 4.90 Å². The van der Waals surface area contributed by atoms with Gasteiger partial charge in [0.2, 0.25) is 0 Å². The van der Waals surface area contributed by atoms with Crippen molar-refractivity contribution in [1.29, 1.82) is 0 Å². The van der Waals surface area contributed by atoms with Crippen LogP contribution in [-0.4, -0.2) is 15.4 Å². The minimum absolute atomic E-state index is 0.838. The zero-order chi connectivity index (χ0) is 28.8. The van der Waals surface area contributed by atoms with Crippen LogP contribution in [0.2, 0.25) is 0 Å². The standard InChI is InChI=1S/C39H31N3S/c1-2-3-4-12-27-21-28-13-5-10-20-39(28)43-26-41(25-27)29-14-11-15-30(22-29)42-37-19-9-7-17-32(37)34-23-33-31-16-6-8-18-35(31)40-36(33)24-38(34)42/h2-20,22-25,40H,21,26H2,1H3/b3-2-,12-4-,27-25-. The highest BCUT2D eigenvalue weighted by molar-refractivity contribution is 7.99. The average molecular weight is 574 g/mol. The van der Waals surface area contributed by atoms with Gasteiger partial charge in [0.15, 0.2) is 0 Å². The van der Waals surface area contributed by atoms with Crippen LogP contribution in [0, 0.1) is 0 Å². The van der Waals surface area contributed by atoms with E-state index in [9.17, 15) is 0 Å². The maximum atomic E-state index is 3.66. The molecule has 0 amide bonds. The van der Waals surface area contributed by atoms with Gasteiger partial charge < -0.3 is 14.5 Å². The number of aromatic nitrogens is 2. The molecular weight excluding hydrogens is 543 g/mol. The molecule has 0 bridgehead atoms. The lowest BCUT2D eigenvalue weighted by Gasteiger charge is -2.25. The monoisotopic (exact) mass is 573 g/mol. The number of benzene rings is 5. The summed E-state index contributed by atoms with van der Waals surface area (Å²) in [6.07, 6.45) is 11.8. The second-order valence-electron chi connectivity index (χ2n) is 11.1. The van der Waals surface area contributed by atoms with E-state index in [1.165, 1.54) is 59.8 Å². The van der Waals surface area contributed by atoms with Gasteiger partial charge in [-0.3, -0.25) is 0 Å². The molecule has 0 atom stereocenters. The quantitative estimate of drug-likeness (QED) is 0.212. The van der Waals surface area contributed by atoms with Crippen molar-refractivity contribution in [3.8, 4) is 5.69 Å². The Morgan fingerprint density at radius 1 is 0.674 bits per heavy atom. The van der Waals surface area contributed by atoms with Gasteiger partial charge in [-0.15, -0.1) is 11.8 Å². The van der Waals surface area contributed by atoms with Gasteiger partial charge in [-0.2, -0.15) is 0 Å². The molecule has 3 heterocycles. The zero-order valence-corrected chi connectivity index (χ0v) is 24.8. The first-order valence-electron chi connectivity index (χ1n) is 14.8. The topological polar surface area (TPSA) is 24.0 Å². The normalized spacial score (nSPS) is 15.5. The number of hydrogen-bond acceptors (Lipinski definition) is 2. The fourth-order valence-electron chi connectivity index (χ4n) is 6.38. The Labute approximate surface area is 255 Å². The summed E-state index contributed by atoms with van der Waals surface area (Å²) < 4.78 is 2.42. The molecule has 2 aromatic heterocycles. The molecule has 0 fully saturated rings. The van der Waals surface area contributed by atoms with Crippen molar-refractivity contribution >= 4 is 61.1 Å². The first kappa shape index (κ1) is 25.8. The van der Waals surface area contributed by atoms with E-state index in [4.69, 9.17) is 0 Å². The van der Waals surface area contributed by atoms with Gasteiger partial charge in [0.25, 0.3) is 0 Å². The Morgan fingerprint density at radius 2 is 1.49 bits per heavy atom. The molecule has 7 aromatic rings. The van der Waals surface area contributed by atoms with Crippen LogP contribution in [0.1, 0.15) is 12.5 Å². The summed E-state index contributed by atoms with van der Waals surface area (Å²) in [5, 5.41) is 5.07. The summed E-state index contributed by atoms with van der Waals surface area (Å²) in [6, 6.07) is 39.8. The number of nitrogens with zero attached hydrogens (tertiary/aromatic N) is 2. The molecule has 0 spiro atoms. The molecule has 0 aliphatic carbocycles. The lowest BCUT2D eigenvalue weighted by atomic mass is 10.0. The molecule has 8 rings (SSSR count). The average Bonchev–Trinajstić information content (AvgIpc) is 3.56. The van der Waals surface area contributed by atoms with Crippen molar-refractivity contribution in [1.82, 2.24) is 9.55 Å². The van der Waals surface area contributed by atoms with E-state index in [0.717, 1.165) is 23.5 Å².